The molecule has 0 unspecified atom stereocenters. The lowest BCUT2D eigenvalue weighted by molar-refractivity contribution is 0.243. The average Bonchev–Trinajstić information content (AvgIpc) is 3.06. The molecule has 1 aliphatic rings. The Bertz CT molecular complexity index is 830. The van der Waals surface area contributed by atoms with E-state index in [-0.39, 0.29) is 5.84 Å². The van der Waals surface area contributed by atoms with Gasteiger partial charge in [0.1, 0.15) is 0 Å². The predicted octanol–water partition coefficient (Wildman–Crippen LogP) is 2.59. The van der Waals surface area contributed by atoms with Crippen molar-refractivity contribution in [3.63, 3.8) is 0 Å². The Kier molecular flexibility index (Phi) is 6.41. The second kappa shape index (κ2) is 8.97. The summed E-state index contributed by atoms with van der Waals surface area (Å²) in [5.74, 6) is 5.86. The topological polar surface area (TPSA) is 98.9 Å². The Morgan fingerprint density at radius 1 is 1.21 bits per heavy atom. The lowest BCUT2D eigenvalue weighted by Gasteiger charge is -2.37. The molecule has 0 atom stereocenters. The maximum absolute atomic E-state index is 8.21. The number of nitrogens with zero attached hydrogens (tertiary/aromatic N) is 6. The number of hydrogen-bond acceptors (Lipinski definition) is 5. The van der Waals surface area contributed by atoms with E-state index >= 15 is 0 Å². The van der Waals surface area contributed by atoms with Crippen LogP contribution in [0.3, 0.4) is 0 Å². The Morgan fingerprint density at radius 2 is 1.96 bits per heavy atom. The zero-order valence-corrected chi connectivity index (χ0v) is 17.0. The van der Waals surface area contributed by atoms with Gasteiger partial charge in [0.2, 0.25) is 0 Å². The Labute approximate surface area is 166 Å². The second-order valence-corrected chi connectivity index (χ2v) is 7.72. The molecule has 2 aromatic rings. The fourth-order valence-corrected chi connectivity index (χ4v) is 3.68. The van der Waals surface area contributed by atoms with Gasteiger partial charge < -0.3 is 10.7 Å². The van der Waals surface area contributed by atoms with E-state index in [0.717, 1.165) is 50.4 Å². The van der Waals surface area contributed by atoms with Crippen molar-refractivity contribution >= 4 is 11.5 Å². The number of benzene rings is 1. The van der Waals surface area contributed by atoms with Gasteiger partial charge in [-0.05, 0) is 36.1 Å². The number of aromatic nitrogens is 2. The summed E-state index contributed by atoms with van der Waals surface area (Å²) in [6.07, 6.45) is 2.86. The van der Waals surface area contributed by atoms with Crippen LogP contribution in [0, 0.1) is 11.3 Å². The number of nitrogens with two attached hydrogens (primary N) is 1. The van der Waals surface area contributed by atoms with Crippen molar-refractivity contribution in [1.82, 2.24) is 14.7 Å². The molecule has 0 aliphatic carbocycles. The summed E-state index contributed by atoms with van der Waals surface area (Å²) in [6.45, 7) is 9.08. The third kappa shape index (κ3) is 4.75. The molecule has 1 saturated heterocycles. The molecule has 8 nitrogen and oxygen atoms in total. The van der Waals surface area contributed by atoms with E-state index in [4.69, 9.17) is 11.3 Å². The summed E-state index contributed by atoms with van der Waals surface area (Å²) >= 11 is 0. The number of rotatable bonds is 6. The van der Waals surface area contributed by atoms with Crippen LogP contribution in [-0.2, 0) is 20.0 Å². The Balaban J connectivity index is 1.76. The van der Waals surface area contributed by atoms with Gasteiger partial charge in [-0.25, -0.2) is 0 Å². The minimum atomic E-state index is 0.103. The number of piperazine rings is 1. The van der Waals surface area contributed by atoms with Gasteiger partial charge in [-0.3, -0.25) is 15.0 Å². The van der Waals surface area contributed by atoms with Crippen LogP contribution < -0.4 is 10.7 Å². The van der Waals surface area contributed by atoms with Crippen LogP contribution in [-0.4, -0.2) is 46.7 Å². The van der Waals surface area contributed by atoms with Crippen molar-refractivity contribution in [3.05, 3.63) is 47.3 Å². The second-order valence-electron chi connectivity index (χ2n) is 7.72. The lowest BCUT2D eigenvalue weighted by atomic mass is 9.99. The lowest BCUT2D eigenvalue weighted by Crippen LogP contribution is -2.46. The number of amidine groups is 1. The van der Waals surface area contributed by atoms with E-state index < -0.39 is 0 Å². The van der Waals surface area contributed by atoms with Gasteiger partial charge in [0.05, 0.1) is 5.69 Å². The fourth-order valence-electron chi connectivity index (χ4n) is 3.68. The molecular weight excluding hydrogens is 352 g/mol. The third-order valence-corrected chi connectivity index (χ3v) is 5.14. The van der Waals surface area contributed by atoms with Crippen molar-refractivity contribution < 1.29 is 0 Å². The first kappa shape index (κ1) is 20.0. The standard InChI is InChI=1S/C20H30N8/c1-15(2)12-16-4-5-18(20(21)24-25-22)19(13-16)28-10-8-27(9-11-28)14-17-6-7-23-26(17)3/h4-7,13,15H,8-12,14H2,1-3H3,(H3,21,22,24). The molecule has 1 aromatic heterocycles. The minimum absolute atomic E-state index is 0.103. The molecule has 0 spiro atoms. The van der Waals surface area contributed by atoms with Crippen molar-refractivity contribution in [2.75, 3.05) is 31.1 Å². The highest BCUT2D eigenvalue weighted by molar-refractivity contribution is 6.02. The molecule has 1 aliphatic heterocycles. The van der Waals surface area contributed by atoms with Crippen molar-refractivity contribution in [3.8, 4) is 0 Å². The summed E-state index contributed by atoms with van der Waals surface area (Å²) in [5, 5.41) is 19.5. The number of aryl methyl sites for hydroxylation is 1. The van der Waals surface area contributed by atoms with Crippen LogP contribution in [0.2, 0.25) is 0 Å². The molecule has 0 bridgehead atoms. The summed E-state index contributed by atoms with van der Waals surface area (Å²) in [7, 11) is 1.98. The fraction of sp³-hybridized carbons (Fsp3) is 0.500. The van der Waals surface area contributed by atoms with Crippen LogP contribution in [0.4, 0.5) is 5.69 Å². The quantitative estimate of drug-likeness (QED) is 0.264. The van der Waals surface area contributed by atoms with Crippen LogP contribution in [0.15, 0.2) is 40.8 Å². The molecule has 150 valence electrons. The maximum atomic E-state index is 8.21. The predicted molar refractivity (Wildman–Crippen MR) is 112 cm³/mol. The first-order valence-corrected chi connectivity index (χ1v) is 9.75. The molecular formula is C20H30N8. The molecule has 0 saturated carbocycles. The van der Waals surface area contributed by atoms with E-state index in [9.17, 15) is 0 Å². The van der Waals surface area contributed by atoms with E-state index in [1.54, 1.807) is 0 Å². The van der Waals surface area contributed by atoms with Gasteiger partial charge in [0.15, 0.2) is 5.84 Å². The summed E-state index contributed by atoms with van der Waals surface area (Å²) in [6, 6.07) is 8.33. The molecule has 28 heavy (non-hydrogen) atoms. The van der Waals surface area contributed by atoms with Crippen LogP contribution >= 0.6 is 0 Å². The molecule has 1 fully saturated rings. The number of hydrogen-bond donors (Lipinski definition) is 2. The van der Waals surface area contributed by atoms with Crippen LogP contribution in [0.5, 0.6) is 0 Å². The van der Waals surface area contributed by atoms with Gasteiger partial charge in [0, 0.05) is 57.2 Å². The zero-order valence-electron chi connectivity index (χ0n) is 17.0. The minimum Gasteiger partial charge on any atom is -0.368 e. The zero-order chi connectivity index (χ0) is 20.1. The molecule has 3 rings (SSSR count). The molecule has 0 radical (unpaired) electrons. The van der Waals surface area contributed by atoms with Crippen molar-refractivity contribution in [1.29, 1.82) is 5.41 Å². The summed E-state index contributed by atoms with van der Waals surface area (Å²) in [4.78, 5) is 4.79. The van der Waals surface area contributed by atoms with Crippen LogP contribution in [0.1, 0.15) is 30.7 Å². The summed E-state index contributed by atoms with van der Waals surface area (Å²) < 4.78 is 1.93. The van der Waals surface area contributed by atoms with Crippen molar-refractivity contribution in [2.24, 2.45) is 29.1 Å². The third-order valence-electron chi connectivity index (χ3n) is 5.14. The van der Waals surface area contributed by atoms with Gasteiger partial charge in [-0.15, -0.1) is 5.11 Å². The van der Waals surface area contributed by atoms with Gasteiger partial charge in [-0.1, -0.05) is 25.1 Å². The molecule has 1 aromatic carbocycles. The highest BCUT2D eigenvalue weighted by Gasteiger charge is 2.22. The first-order valence-electron chi connectivity index (χ1n) is 9.75. The van der Waals surface area contributed by atoms with Gasteiger partial charge in [-0.2, -0.15) is 5.10 Å². The maximum Gasteiger partial charge on any atom is 0.178 e. The molecule has 3 N–H and O–H groups in total. The highest BCUT2D eigenvalue weighted by atomic mass is 15.3. The summed E-state index contributed by atoms with van der Waals surface area (Å²) in [5.41, 5.74) is 4.33. The molecule has 0 amide bonds. The monoisotopic (exact) mass is 382 g/mol. The van der Waals surface area contributed by atoms with E-state index in [0.29, 0.717) is 5.92 Å². The molecule has 8 heteroatoms. The average molecular weight is 383 g/mol. The van der Waals surface area contributed by atoms with E-state index in [1.165, 1.54) is 11.3 Å². The number of anilines is 1. The normalized spacial score (nSPS) is 15.6. The SMILES string of the molecule is CC(C)Cc1ccc(C(=N)/N=N\N)c(N2CCN(Cc3ccnn3C)CC2)c1. The Morgan fingerprint density at radius 3 is 2.57 bits per heavy atom. The van der Waals surface area contributed by atoms with Gasteiger partial charge >= 0.3 is 0 Å². The van der Waals surface area contributed by atoms with Crippen molar-refractivity contribution in [2.45, 2.75) is 26.8 Å². The number of nitrogens with one attached hydrogen (secondary N) is 1. The van der Waals surface area contributed by atoms with E-state index in [1.807, 2.05) is 24.0 Å². The van der Waals surface area contributed by atoms with Gasteiger partial charge in [0.25, 0.3) is 0 Å². The largest absolute Gasteiger partial charge is 0.368 e. The van der Waals surface area contributed by atoms with E-state index in [2.05, 4.69) is 57.3 Å². The first-order chi connectivity index (χ1) is 13.5. The van der Waals surface area contributed by atoms with Crippen LogP contribution in [0.25, 0.3) is 0 Å². The molecule has 2 heterocycles. The smallest absolute Gasteiger partial charge is 0.178 e. The Hall–Kier alpha value is -2.74. The highest BCUT2D eigenvalue weighted by Crippen LogP contribution is 2.26.